The van der Waals surface area contributed by atoms with E-state index in [1.807, 2.05) is 29.2 Å². The Hall–Kier alpha value is -1.92. The number of amides is 1. The first-order valence-corrected chi connectivity index (χ1v) is 8.93. The Kier molecular flexibility index (Phi) is 5.08. The highest BCUT2D eigenvalue weighted by Gasteiger charge is 2.35. The molecule has 1 saturated carbocycles. The lowest BCUT2D eigenvalue weighted by Gasteiger charge is -2.42. The summed E-state index contributed by atoms with van der Waals surface area (Å²) < 4.78 is 5.34. The van der Waals surface area contributed by atoms with Gasteiger partial charge in [0.15, 0.2) is 5.82 Å². The second kappa shape index (κ2) is 7.00. The number of nitrogens with two attached hydrogens (primary N) is 1. The Bertz CT molecular complexity index is 783. The molecule has 1 amide bonds. The fraction of sp³-hybridized carbons (Fsp3) is 0.526. The summed E-state index contributed by atoms with van der Waals surface area (Å²) in [5.74, 6) is 1.83. The fourth-order valence-corrected chi connectivity index (χ4v) is 3.34. The molecule has 1 atom stereocenters. The second-order valence-corrected chi connectivity index (χ2v) is 7.92. The third kappa shape index (κ3) is 3.62. The smallest absolute Gasteiger partial charge is 0.257 e. The highest BCUT2D eigenvalue weighted by molar-refractivity contribution is 5.94. The van der Waals surface area contributed by atoms with Crippen LogP contribution < -0.4 is 5.73 Å². The summed E-state index contributed by atoms with van der Waals surface area (Å²) in [6, 6.07) is 7.55. The van der Waals surface area contributed by atoms with Gasteiger partial charge in [-0.15, -0.1) is 12.4 Å². The van der Waals surface area contributed by atoms with Crippen molar-refractivity contribution in [1.29, 1.82) is 0 Å². The SMILES string of the molecule is CC1(C)CN(C(=O)c2ccc(-c3nc(C4CC4)no3)cc2)CCC1N.Cl. The maximum absolute atomic E-state index is 12.8. The van der Waals surface area contributed by atoms with E-state index in [0.29, 0.717) is 30.5 Å². The number of hydrogen-bond acceptors (Lipinski definition) is 5. The Morgan fingerprint density at radius 2 is 1.92 bits per heavy atom. The molecule has 0 radical (unpaired) electrons. The Morgan fingerprint density at radius 3 is 2.54 bits per heavy atom. The molecule has 6 nitrogen and oxygen atoms in total. The molecular formula is C19H25ClN4O2. The molecule has 1 aromatic carbocycles. The number of aromatic nitrogens is 2. The third-order valence-electron chi connectivity index (χ3n) is 5.36. The Labute approximate surface area is 159 Å². The van der Waals surface area contributed by atoms with Crippen molar-refractivity contribution in [2.24, 2.45) is 11.1 Å². The molecule has 1 aliphatic carbocycles. The van der Waals surface area contributed by atoms with Gasteiger partial charge >= 0.3 is 0 Å². The minimum atomic E-state index is -0.0587. The molecule has 2 aromatic rings. The van der Waals surface area contributed by atoms with Gasteiger partial charge in [0.2, 0.25) is 0 Å². The van der Waals surface area contributed by atoms with Gasteiger partial charge in [-0.2, -0.15) is 4.98 Å². The van der Waals surface area contributed by atoms with Crippen LogP contribution in [0.4, 0.5) is 0 Å². The van der Waals surface area contributed by atoms with Crippen molar-refractivity contribution in [3.63, 3.8) is 0 Å². The van der Waals surface area contributed by atoms with E-state index in [1.165, 1.54) is 0 Å². The lowest BCUT2D eigenvalue weighted by Crippen LogP contribution is -2.53. The van der Waals surface area contributed by atoms with Gasteiger partial charge in [0.25, 0.3) is 11.8 Å². The van der Waals surface area contributed by atoms with E-state index in [9.17, 15) is 4.79 Å². The van der Waals surface area contributed by atoms with E-state index in [1.54, 1.807) is 0 Å². The molecule has 2 N–H and O–H groups in total. The monoisotopic (exact) mass is 376 g/mol. The Balaban J connectivity index is 0.00000196. The molecule has 2 heterocycles. The zero-order valence-electron chi connectivity index (χ0n) is 15.1. The van der Waals surface area contributed by atoms with Crippen LogP contribution in [0, 0.1) is 5.41 Å². The molecule has 2 fully saturated rings. The van der Waals surface area contributed by atoms with Crippen molar-refractivity contribution in [3.8, 4) is 11.5 Å². The minimum absolute atomic E-state index is 0. The number of rotatable bonds is 3. The summed E-state index contributed by atoms with van der Waals surface area (Å²) in [4.78, 5) is 19.1. The second-order valence-electron chi connectivity index (χ2n) is 7.92. The Morgan fingerprint density at radius 1 is 1.23 bits per heavy atom. The van der Waals surface area contributed by atoms with E-state index in [-0.39, 0.29) is 29.8 Å². The van der Waals surface area contributed by atoms with Gasteiger partial charge in [0.05, 0.1) is 0 Å². The highest BCUT2D eigenvalue weighted by atomic mass is 35.5. The molecule has 4 rings (SSSR count). The van der Waals surface area contributed by atoms with Gasteiger partial charge in [-0.1, -0.05) is 19.0 Å². The molecular weight excluding hydrogens is 352 g/mol. The molecule has 1 unspecified atom stereocenters. The van der Waals surface area contributed by atoms with Crippen LogP contribution in [0.15, 0.2) is 28.8 Å². The van der Waals surface area contributed by atoms with Gasteiger partial charge < -0.3 is 15.2 Å². The zero-order chi connectivity index (χ0) is 17.6. The van der Waals surface area contributed by atoms with Crippen LogP contribution >= 0.6 is 12.4 Å². The maximum Gasteiger partial charge on any atom is 0.257 e. The average Bonchev–Trinajstić information content (AvgIpc) is 3.34. The quantitative estimate of drug-likeness (QED) is 0.888. The lowest BCUT2D eigenvalue weighted by atomic mass is 9.79. The molecule has 7 heteroatoms. The van der Waals surface area contributed by atoms with Crippen LogP contribution in [-0.2, 0) is 0 Å². The van der Waals surface area contributed by atoms with Gasteiger partial charge in [0.1, 0.15) is 0 Å². The van der Waals surface area contributed by atoms with Crippen molar-refractivity contribution in [2.45, 2.75) is 45.1 Å². The molecule has 140 valence electrons. The van der Waals surface area contributed by atoms with Gasteiger partial charge in [-0.3, -0.25) is 4.79 Å². The van der Waals surface area contributed by atoms with E-state index in [4.69, 9.17) is 10.3 Å². The number of hydrogen-bond donors (Lipinski definition) is 1. The third-order valence-corrected chi connectivity index (χ3v) is 5.36. The highest BCUT2D eigenvalue weighted by Crippen LogP contribution is 2.38. The number of carbonyl (C=O) groups is 1. The summed E-state index contributed by atoms with van der Waals surface area (Å²) >= 11 is 0. The van der Waals surface area contributed by atoms with Crippen molar-refractivity contribution in [1.82, 2.24) is 15.0 Å². The molecule has 26 heavy (non-hydrogen) atoms. The number of benzene rings is 1. The van der Waals surface area contributed by atoms with Crippen LogP contribution in [0.3, 0.4) is 0 Å². The predicted octanol–water partition coefficient (Wildman–Crippen LogP) is 3.24. The summed E-state index contributed by atoms with van der Waals surface area (Å²) in [5.41, 5.74) is 7.63. The number of carbonyl (C=O) groups excluding carboxylic acids is 1. The van der Waals surface area contributed by atoms with Crippen molar-refractivity contribution in [2.75, 3.05) is 13.1 Å². The van der Waals surface area contributed by atoms with Gasteiger partial charge in [-0.05, 0) is 48.9 Å². The van der Waals surface area contributed by atoms with Crippen LogP contribution in [0.2, 0.25) is 0 Å². The number of nitrogens with zero attached hydrogens (tertiary/aromatic N) is 3. The van der Waals surface area contributed by atoms with Crippen LogP contribution in [0.1, 0.15) is 55.2 Å². The molecule has 0 spiro atoms. The molecule has 1 saturated heterocycles. The first-order valence-electron chi connectivity index (χ1n) is 8.93. The van der Waals surface area contributed by atoms with Crippen LogP contribution in [0.25, 0.3) is 11.5 Å². The van der Waals surface area contributed by atoms with Crippen LogP contribution in [-0.4, -0.2) is 40.1 Å². The normalized spacial score (nSPS) is 22.0. The number of halogens is 1. The standard InChI is InChI=1S/C19H24N4O2.ClH/c1-19(2)11-23(10-9-15(19)20)18(24)14-7-5-13(6-8-14)17-21-16(22-25-17)12-3-4-12;/h5-8,12,15H,3-4,9-11,20H2,1-2H3;1H. The molecule has 1 aliphatic heterocycles. The first kappa shape index (κ1) is 18.9. The minimum Gasteiger partial charge on any atom is -0.338 e. The zero-order valence-corrected chi connectivity index (χ0v) is 16.0. The van der Waals surface area contributed by atoms with Gasteiger partial charge in [0, 0.05) is 36.2 Å². The number of piperidine rings is 1. The molecule has 1 aromatic heterocycles. The number of likely N-dealkylation sites (tertiary alicyclic amines) is 1. The van der Waals surface area contributed by atoms with Crippen molar-refractivity contribution < 1.29 is 9.32 Å². The van der Waals surface area contributed by atoms with E-state index in [2.05, 4.69) is 24.0 Å². The van der Waals surface area contributed by atoms with Gasteiger partial charge in [-0.25, -0.2) is 0 Å². The lowest BCUT2D eigenvalue weighted by molar-refractivity contribution is 0.0533. The first-order chi connectivity index (χ1) is 11.9. The maximum atomic E-state index is 12.8. The molecule has 0 bridgehead atoms. The van der Waals surface area contributed by atoms with Crippen LogP contribution in [0.5, 0.6) is 0 Å². The summed E-state index contributed by atoms with van der Waals surface area (Å²) in [6.45, 7) is 5.63. The molecule has 2 aliphatic rings. The van der Waals surface area contributed by atoms with E-state index < -0.39 is 0 Å². The van der Waals surface area contributed by atoms with Crippen molar-refractivity contribution in [3.05, 3.63) is 35.7 Å². The van der Waals surface area contributed by atoms with Crippen molar-refractivity contribution >= 4 is 18.3 Å². The topological polar surface area (TPSA) is 85.2 Å². The summed E-state index contributed by atoms with van der Waals surface area (Å²) in [7, 11) is 0. The summed E-state index contributed by atoms with van der Waals surface area (Å²) in [6.07, 6.45) is 3.12. The largest absolute Gasteiger partial charge is 0.338 e. The summed E-state index contributed by atoms with van der Waals surface area (Å²) in [5, 5.41) is 4.04. The average molecular weight is 377 g/mol. The predicted molar refractivity (Wildman–Crippen MR) is 101 cm³/mol. The van der Waals surface area contributed by atoms with E-state index in [0.717, 1.165) is 30.7 Å². The fourth-order valence-electron chi connectivity index (χ4n) is 3.34. The van der Waals surface area contributed by atoms with E-state index >= 15 is 0 Å².